The lowest BCUT2D eigenvalue weighted by Crippen LogP contribution is -2.33. The van der Waals surface area contributed by atoms with Crippen LogP contribution in [0.4, 0.5) is 17.2 Å². The zero-order valence-corrected chi connectivity index (χ0v) is 16.1. The van der Waals surface area contributed by atoms with Crippen LogP contribution in [0.3, 0.4) is 0 Å². The smallest absolute Gasteiger partial charge is 0.177 e. The Bertz CT molecular complexity index is 1080. The molecule has 0 aliphatic heterocycles. The normalized spacial score (nSPS) is 19.3. The third-order valence-electron chi connectivity index (χ3n) is 5.40. The van der Waals surface area contributed by atoms with Crippen molar-refractivity contribution in [2.75, 3.05) is 10.6 Å². The van der Waals surface area contributed by atoms with Crippen molar-refractivity contribution in [3.8, 4) is 5.69 Å². The molecule has 4 N–H and O–H groups in total. The Labute approximate surface area is 168 Å². The van der Waals surface area contributed by atoms with Gasteiger partial charge in [0.05, 0.1) is 11.4 Å². The fraction of sp³-hybridized carbons (Fsp3) is 0.286. The molecule has 0 saturated heterocycles. The van der Waals surface area contributed by atoms with Crippen LogP contribution in [0.1, 0.15) is 25.7 Å². The van der Waals surface area contributed by atoms with E-state index in [1.165, 1.54) is 0 Å². The first-order valence-corrected chi connectivity index (χ1v) is 9.98. The molecule has 0 amide bonds. The summed E-state index contributed by atoms with van der Waals surface area (Å²) in [4.78, 5) is 4.45. The van der Waals surface area contributed by atoms with E-state index < -0.39 is 0 Å². The highest BCUT2D eigenvalue weighted by atomic mass is 15.3. The SMILES string of the molecule is N[C@H]1CC[C@H](Nc2cc(Nc3ccc(-n4cccn4)cc3)c3nccn3n2)CC1. The number of hydrogen-bond donors (Lipinski definition) is 3. The topological polar surface area (TPSA) is 98.1 Å². The van der Waals surface area contributed by atoms with Crippen LogP contribution in [0.25, 0.3) is 11.3 Å². The minimum absolute atomic E-state index is 0.332. The number of imidazole rings is 1. The molecule has 0 spiro atoms. The number of rotatable bonds is 5. The first-order chi connectivity index (χ1) is 14.2. The number of aromatic nitrogens is 5. The summed E-state index contributed by atoms with van der Waals surface area (Å²) >= 11 is 0. The highest BCUT2D eigenvalue weighted by molar-refractivity contribution is 5.76. The molecule has 0 radical (unpaired) electrons. The summed E-state index contributed by atoms with van der Waals surface area (Å²) < 4.78 is 3.64. The quantitative estimate of drug-likeness (QED) is 0.485. The molecule has 0 bridgehead atoms. The molecule has 1 aliphatic carbocycles. The van der Waals surface area contributed by atoms with Gasteiger partial charge in [-0.3, -0.25) is 0 Å². The van der Waals surface area contributed by atoms with Gasteiger partial charge in [0.25, 0.3) is 0 Å². The summed E-state index contributed by atoms with van der Waals surface area (Å²) in [6.45, 7) is 0. The maximum atomic E-state index is 6.03. The molecular weight excluding hydrogens is 364 g/mol. The summed E-state index contributed by atoms with van der Waals surface area (Å²) in [5, 5.41) is 16.0. The fourth-order valence-electron chi connectivity index (χ4n) is 3.83. The van der Waals surface area contributed by atoms with Crippen molar-refractivity contribution in [2.24, 2.45) is 5.73 Å². The van der Waals surface area contributed by atoms with Crippen LogP contribution in [0.15, 0.2) is 61.2 Å². The van der Waals surface area contributed by atoms with Gasteiger partial charge in [0.1, 0.15) is 5.82 Å². The van der Waals surface area contributed by atoms with E-state index in [9.17, 15) is 0 Å². The Morgan fingerprint density at radius 3 is 2.59 bits per heavy atom. The van der Waals surface area contributed by atoms with Crippen molar-refractivity contribution in [1.29, 1.82) is 0 Å². The maximum Gasteiger partial charge on any atom is 0.177 e. The van der Waals surface area contributed by atoms with Crippen LogP contribution in [0.5, 0.6) is 0 Å². The Kier molecular flexibility index (Phi) is 4.61. The van der Waals surface area contributed by atoms with Crippen molar-refractivity contribution in [3.63, 3.8) is 0 Å². The van der Waals surface area contributed by atoms with Gasteiger partial charge in [-0.25, -0.2) is 14.2 Å². The molecule has 4 aromatic rings. The van der Waals surface area contributed by atoms with E-state index in [0.717, 1.165) is 54.2 Å². The molecule has 3 aromatic heterocycles. The van der Waals surface area contributed by atoms with E-state index in [1.807, 2.05) is 53.5 Å². The van der Waals surface area contributed by atoms with Crippen LogP contribution in [0.2, 0.25) is 0 Å². The standard InChI is InChI=1S/C21H24N8/c22-15-2-4-17(5-3-15)26-20-14-19(21-23-11-13-29(21)27-20)25-16-6-8-18(9-7-16)28-12-1-10-24-28/h1,6-15,17,25H,2-5,22H2,(H,26,27)/t15-,17-. The molecule has 29 heavy (non-hydrogen) atoms. The van der Waals surface area contributed by atoms with Gasteiger partial charge in [-0.2, -0.15) is 5.10 Å². The number of benzene rings is 1. The molecular formula is C21H24N8. The fourth-order valence-corrected chi connectivity index (χ4v) is 3.83. The third-order valence-corrected chi connectivity index (χ3v) is 5.40. The number of fused-ring (bicyclic) bond motifs is 1. The molecule has 0 unspecified atom stereocenters. The Morgan fingerprint density at radius 2 is 1.83 bits per heavy atom. The molecule has 3 heterocycles. The second-order valence-electron chi connectivity index (χ2n) is 7.52. The van der Waals surface area contributed by atoms with Gasteiger partial charge in [0.2, 0.25) is 0 Å². The van der Waals surface area contributed by atoms with Crippen LogP contribution in [-0.2, 0) is 0 Å². The van der Waals surface area contributed by atoms with Crippen molar-refractivity contribution >= 4 is 22.8 Å². The lowest BCUT2D eigenvalue weighted by molar-refractivity contribution is 0.410. The van der Waals surface area contributed by atoms with E-state index in [0.29, 0.717) is 12.1 Å². The highest BCUT2D eigenvalue weighted by Gasteiger charge is 2.19. The van der Waals surface area contributed by atoms with E-state index in [2.05, 4.69) is 25.8 Å². The molecule has 1 aliphatic rings. The van der Waals surface area contributed by atoms with Crippen molar-refractivity contribution < 1.29 is 0 Å². The predicted molar refractivity (Wildman–Crippen MR) is 114 cm³/mol. The second-order valence-corrected chi connectivity index (χ2v) is 7.52. The van der Waals surface area contributed by atoms with E-state index >= 15 is 0 Å². The number of nitrogens with two attached hydrogens (primary N) is 1. The lowest BCUT2D eigenvalue weighted by Gasteiger charge is -2.27. The number of nitrogens with one attached hydrogen (secondary N) is 2. The Balaban J connectivity index is 1.38. The maximum absolute atomic E-state index is 6.03. The highest BCUT2D eigenvalue weighted by Crippen LogP contribution is 2.26. The first kappa shape index (κ1) is 17.7. The summed E-state index contributed by atoms with van der Waals surface area (Å²) in [6.07, 6.45) is 11.6. The van der Waals surface area contributed by atoms with Gasteiger partial charge >= 0.3 is 0 Å². The minimum Gasteiger partial charge on any atom is -0.366 e. The van der Waals surface area contributed by atoms with Crippen molar-refractivity contribution in [1.82, 2.24) is 24.4 Å². The summed E-state index contributed by atoms with van der Waals surface area (Å²) in [6, 6.07) is 12.8. The van der Waals surface area contributed by atoms with E-state index in [-0.39, 0.29) is 0 Å². The number of anilines is 3. The molecule has 1 fully saturated rings. The molecule has 1 saturated carbocycles. The number of hydrogen-bond acceptors (Lipinski definition) is 6. The van der Waals surface area contributed by atoms with Crippen LogP contribution in [0, 0.1) is 0 Å². The molecule has 5 rings (SSSR count). The molecule has 1 aromatic carbocycles. The van der Waals surface area contributed by atoms with Crippen molar-refractivity contribution in [2.45, 2.75) is 37.8 Å². The van der Waals surface area contributed by atoms with Gasteiger partial charge in [-0.1, -0.05) is 0 Å². The lowest BCUT2D eigenvalue weighted by atomic mass is 9.92. The zero-order valence-electron chi connectivity index (χ0n) is 16.1. The number of nitrogens with zero attached hydrogens (tertiary/aromatic N) is 5. The Morgan fingerprint density at radius 1 is 1.00 bits per heavy atom. The average Bonchev–Trinajstić information content (AvgIpc) is 3.42. The zero-order chi connectivity index (χ0) is 19.6. The van der Waals surface area contributed by atoms with Crippen LogP contribution < -0.4 is 16.4 Å². The molecule has 8 heteroatoms. The minimum atomic E-state index is 0.332. The van der Waals surface area contributed by atoms with Gasteiger partial charge in [0.15, 0.2) is 5.65 Å². The summed E-state index contributed by atoms with van der Waals surface area (Å²) in [5.41, 5.74) is 9.72. The van der Waals surface area contributed by atoms with Gasteiger partial charge in [0, 0.05) is 48.6 Å². The van der Waals surface area contributed by atoms with Crippen LogP contribution in [-0.4, -0.2) is 36.5 Å². The van der Waals surface area contributed by atoms with Crippen molar-refractivity contribution in [3.05, 3.63) is 61.2 Å². The first-order valence-electron chi connectivity index (χ1n) is 9.98. The monoisotopic (exact) mass is 388 g/mol. The summed E-state index contributed by atoms with van der Waals surface area (Å²) in [7, 11) is 0. The molecule has 0 atom stereocenters. The largest absolute Gasteiger partial charge is 0.366 e. The van der Waals surface area contributed by atoms with Crippen LogP contribution >= 0.6 is 0 Å². The average molecular weight is 388 g/mol. The van der Waals surface area contributed by atoms with Gasteiger partial charge < -0.3 is 16.4 Å². The molecule has 8 nitrogen and oxygen atoms in total. The predicted octanol–water partition coefficient (Wildman–Crippen LogP) is 3.34. The van der Waals surface area contributed by atoms with E-state index in [1.54, 1.807) is 16.9 Å². The third kappa shape index (κ3) is 3.79. The Hall–Kier alpha value is -3.39. The summed E-state index contributed by atoms with van der Waals surface area (Å²) in [5.74, 6) is 0.839. The second kappa shape index (κ2) is 7.56. The van der Waals surface area contributed by atoms with Gasteiger partial charge in [-0.15, -0.1) is 5.10 Å². The van der Waals surface area contributed by atoms with Gasteiger partial charge in [-0.05, 0) is 56.0 Å². The van der Waals surface area contributed by atoms with E-state index in [4.69, 9.17) is 5.73 Å². The molecule has 148 valence electrons.